The molecule has 0 fully saturated rings. The zero-order valence-electron chi connectivity index (χ0n) is 13.0. The summed E-state index contributed by atoms with van der Waals surface area (Å²) in [6.07, 6.45) is 1.47. The van der Waals surface area contributed by atoms with Crippen molar-refractivity contribution >= 4 is 23.2 Å². The number of aromatic nitrogens is 2. The van der Waals surface area contributed by atoms with Crippen LogP contribution in [-0.4, -0.2) is 15.9 Å². The lowest BCUT2D eigenvalue weighted by Crippen LogP contribution is -2.15. The van der Waals surface area contributed by atoms with Gasteiger partial charge >= 0.3 is 0 Å². The van der Waals surface area contributed by atoms with E-state index < -0.39 is 11.7 Å². The molecular weight excluding hydrogens is 307 g/mol. The molecule has 120 valence electrons. The molecule has 5 nitrogen and oxygen atoms in total. The van der Waals surface area contributed by atoms with Gasteiger partial charge in [0.05, 0.1) is 5.69 Å². The van der Waals surface area contributed by atoms with Crippen molar-refractivity contribution in [3.8, 4) is 0 Å². The monoisotopic (exact) mass is 322 g/mol. The Bertz CT molecular complexity index is 882. The SMILES string of the molecule is Cc1cccc(Nc2nccc(C(=O)Nc3ccccc3F)n2)c1. The molecule has 2 aromatic carbocycles. The number of nitrogens with zero attached hydrogens (tertiary/aromatic N) is 2. The number of benzene rings is 2. The Morgan fingerprint density at radius 1 is 1.08 bits per heavy atom. The van der Waals surface area contributed by atoms with E-state index in [2.05, 4.69) is 20.6 Å². The molecule has 0 spiro atoms. The summed E-state index contributed by atoms with van der Waals surface area (Å²) in [6, 6.07) is 15.1. The minimum absolute atomic E-state index is 0.106. The molecule has 24 heavy (non-hydrogen) atoms. The minimum Gasteiger partial charge on any atom is -0.324 e. The fourth-order valence-electron chi connectivity index (χ4n) is 2.15. The molecule has 1 amide bonds. The molecule has 0 aliphatic rings. The van der Waals surface area contributed by atoms with E-state index in [-0.39, 0.29) is 11.4 Å². The summed E-state index contributed by atoms with van der Waals surface area (Å²) in [5, 5.41) is 5.53. The average Bonchev–Trinajstić information content (AvgIpc) is 2.57. The summed E-state index contributed by atoms with van der Waals surface area (Å²) in [4.78, 5) is 20.5. The maximum atomic E-state index is 13.6. The third-order valence-electron chi connectivity index (χ3n) is 3.28. The van der Waals surface area contributed by atoms with E-state index in [1.54, 1.807) is 12.1 Å². The highest BCUT2D eigenvalue weighted by Gasteiger charge is 2.11. The first-order chi connectivity index (χ1) is 11.6. The van der Waals surface area contributed by atoms with Gasteiger partial charge in [0, 0.05) is 11.9 Å². The summed E-state index contributed by atoms with van der Waals surface area (Å²) >= 11 is 0. The number of hydrogen-bond donors (Lipinski definition) is 2. The number of nitrogens with one attached hydrogen (secondary N) is 2. The summed E-state index contributed by atoms with van der Waals surface area (Å²) < 4.78 is 13.6. The molecule has 0 saturated carbocycles. The van der Waals surface area contributed by atoms with Crippen LogP contribution in [0.15, 0.2) is 60.8 Å². The first-order valence-corrected chi connectivity index (χ1v) is 7.34. The number of carbonyl (C=O) groups excluding carboxylic acids is 1. The zero-order valence-corrected chi connectivity index (χ0v) is 13.0. The lowest BCUT2D eigenvalue weighted by Gasteiger charge is -2.08. The standard InChI is InChI=1S/C18H15FN4O/c1-12-5-4-6-13(11-12)21-18-20-10-9-16(23-18)17(24)22-15-8-3-2-7-14(15)19/h2-11H,1H3,(H,22,24)(H,20,21,23). The molecule has 6 heteroatoms. The first kappa shape index (κ1) is 15.6. The second kappa shape index (κ2) is 6.87. The Kier molecular flexibility index (Phi) is 4.47. The molecule has 0 unspecified atom stereocenters. The Morgan fingerprint density at radius 3 is 2.71 bits per heavy atom. The van der Waals surface area contributed by atoms with Crippen molar-refractivity contribution in [1.29, 1.82) is 0 Å². The average molecular weight is 322 g/mol. The number of anilines is 3. The van der Waals surface area contributed by atoms with Gasteiger partial charge in [-0.15, -0.1) is 0 Å². The van der Waals surface area contributed by atoms with Gasteiger partial charge in [0.15, 0.2) is 0 Å². The smallest absolute Gasteiger partial charge is 0.274 e. The van der Waals surface area contributed by atoms with E-state index in [1.807, 2.05) is 31.2 Å². The number of amides is 1. The summed E-state index contributed by atoms with van der Waals surface area (Å²) in [7, 11) is 0. The number of para-hydroxylation sites is 1. The van der Waals surface area contributed by atoms with Crippen molar-refractivity contribution in [2.24, 2.45) is 0 Å². The normalized spacial score (nSPS) is 10.2. The molecule has 0 saturated heterocycles. The predicted molar refractivity (Wildman–Crippen MR) is 90.8 cm³/mol. The van der Waals surface area contributed by atoms with Gasteiger partial charge in [-0.3, -0.25) is 4.79 Å². The summed E-state index contributed by atoms with van der Waals surface area (Å²) in [5.41, 5.74) is 2.16. The minimum atomic E-state index is -0.505. The number of rotatable bonds is 4. The van der Waals surface area contributed by atoms with Crippen molar-refractivity contribution in [2.75, 3.05) is 10.6 Å². The molecule has 2 N–H and O–H groups in total. The van der Waals surface area contributed by atoms with Crippen molar-refractivity contribution in [3.63, 3.8) is 0 Å². The van der Waals surface area contributed by atoms with Gasteiger partial charge in [-0.2, -0.15) is 0 Å². The second-order valence-corrected chi connectivity index (χ2v) is 5.19. The quantitative estimate of drug-likeness (QED) is 0.764. The molecule has 0 atom stereocenters. The molecule has 0 aliphatic heterocycles. The zero-order chi connectivity index (χ0) is 16.9. The van der Waals surface area contributed by atoms with Gasteiger partial charge in [0.25, 0.3) is 5.91 Å². The predicted octanol–water partition coefficient (Wildman–Crippen LogP) is 3.92. The Labute approximate surface area is 138 Å². The van der Waals surface area contributed by atoms with Crippen molar-refractivity contribution in [2.45, 2.75) is 6.92 Å². The highest BCUT2D eigenvalue weighted by molar-refractivity contribution is 6.03. The molecule has 3 rings (SSSR count). The number of carbonyl (C=O) groups is 1. The molecule has 0 bridgehead atoms. The summed E-state index contributed by atoms with van der Waals surface area (Å²) in [5.74, 6) is -0.713. The van der Waals surface area contributed by atoms with Gasteiger partial charge in [0.2, 0.25) is 5.95 Å². The Balaban J connectivity index is 1.77. The van der Waals surface area contributed by atoms with Crippen molar-refractivity contribution < 1.29 is 9.18 Å². The fraction of sp³-hybridized carbons (Fsp3) is 0.0556. The Morgan fingerprint density at radius 2 is 1.92 bits per heavy atom. The maximum Gasteiger partial charge on any atom is 0.274 e. The third kappa shape index (κ3) is 3.73. The first-order valence-electron chi connectivity index (χ1n) is 7.34. The fourth-order valence-corrected chi connectivity index (χ4v) is 2.15. The van der Waals surface area contributed by atoms with Crippen molar-refractivity contribution in [1.82, 2.24) is 9.97 Å². The van der Waals surface area contributed by atoms with Crippen LogP contribution >= 0.6 is 0 Å². The molecule has 1 heterocycles. The van der Waals surface area contributed by atoms with Gasteiger partial charge in [-0.25, -0.2) is 14.4 Å². The van der Waals surface area contributed by atoms with Crippen LogP contribution in [0, 0.1) is 12.7 Å². The van der Waals surface area contributed by atoms with E-state index >= 15 is 0 Å². The maximum absolute atomic E-state index is 13.6. The van der Waals surface area contributed by atoms with Crippen LogP contribution in [0.25, 0.3) is 0 Å². The van der Waals surface area contributed by atoms with Gasteiger partial charge in [0.1, 0.15) is 11.5 Å². The van der Waals surface area contributed by atoms with Crippen LogP contribution in [0.1, 0.15) is 16.1 Å². The third-order valence-corrected chi connectivity index (χ3v) is 3.28. The highest BCUT2D eigenvalue weighted by atomic mass is 19.1. The van der Waals surface area contributed by atoms with E-state index in [1.165, 1.54) is 24.4 Å². The van der Waals surface area contributed by atoms with Crippen LogP contribution in [0.5, 0.6) is 0 Å². The van der Waals surface area contributed by atoms with Crippen LogP contribution in [0.4, 0.5) is 21.7 Å². The molecule has 0 aliphatic carbocycles. The van der Waals surface area contributed by atoms with E-state index in [0.29, 0.717) is 5.95 Å². The molecule has 1 aromatic heterocycles. The lowest BCUT2D eigenvalue weighted by molar-refractivity contribution is 0.102. The molecule has 3 aromatic rings. The van der Waals surface area contributed by atoms with E-state index in [0.717, 1.165) is 11.3 Å². The van der Waals surface area contributed by atoms with Crippen LogP contribution < -0.4 is 10.6 Å². The van der Waals surface area contributed by atoms with Crippen LogP contribution in [0.2, 0.25) is 0 Å². The van der Waals surface area contributed by atoms with Crippen molar-refractivity contribution in [3.05, 3.63) is 77.9 Å². The van der Waals surface area contributed by atoms with Gasteiger partial charge in [-0.05, 0) is 42.8 Å². The van der Waals surface area contributed by atoms with Gasteiger partial charge < -0.3 is 10.6 Å². The Hall–Kier alpha value is -3.28. The van der Waals surface area contributed by atoms with Crippen LogP contribution in [0.3, 0.4) is 0 Å². The van der Waals surface area contributed by atoms with E-state index in [9.17, 15) is 9.18 Å². The number of hydrogen-bond acceptors (Lipinski definition) is 4. The largest absolute Gasteiger partial charge is 0.324 e. The van der Waals surface area contributed by atoms with Gasteiger partial charge in [-0.1, -0.05) is 24.3 Å². The summed E-state index contributed by atoms with van der Waals surface area (Å²) in [6.45, 7) is 1.98. The number of aryl methyl sites for hydroxylation is 1. The lowest BCUT2D eigenvalue weighted by atomic mass is 10.2. The molecular formula is C18H15FN4O. The highest BCUT2D eigenvalue weighted by Crippen LogP contribution is 2.16. The second-order valence-electron chi connectivity index (χ2n) is 5.19. The number of halogens is 1. The molecule has 0 radical (unpaired) electrons. The van der Waals surface area contributed by atoms with Crippen LogP contribution in [-0.2, 0) is 0 Å². The topological polar surface area (TPSA) is 66.9 Å². The van der Waals surface area contributed by atoms with E-state index in [4.69, 9.17) is 0 Å².